The number of benzene rings is 1. The SMILES string of the molecule is CCCCCCNS(=O)(=O)c1cc(CN)cc(C)c1Br. The van der Waals surface area contributed by atoms with Crippen molar-refractivity contribution in [2.24, 2.45) is 5.73 Å². The van der Waals surface area contributed by atoms with Gasteiger partial charge in [-0.15, -0.1) is 0 Å². The van der Waals surface area contributed by atoms with Gasteiger partial charge in [-0.2, -0.15) is 0 Å². The lowest BCUT2D eigenvalue weighted by atomic mass is 10.1. The Hall–Kier alpha value is -0.430. The van der Waals surface area contributed by atoms with E-state index in [0.29, 0.717) is 17.6 Å². The van der Waals surface area contributed by atoms with Gasteiger partial charge < -0.3 is 5.73 Å². The normalized spacial score (nSPS) is 11.8. The monoisotopic (exact) mass is 362 g/mol. The molecule has 0 radical (unpaired) electrons. The molecule has 6 heteroatoms. The van der Waals surface area contributed by atoms with Crippen LogP contribution in [0.2, 0.25) is 0 Å². The number of halogens is 1. The molecule has 0 unspecified atom stereocenters. The maximum absolute atomic E-state index is 12.3. The maximum atomic E-state index is 12.3. The highest BCUT2D eigenvalue weighted by Gasteiger charge is 2.19. The van der Waals surface area contributed by atoms with Gasteiger partial charge in [-0.3, -0.25) is 0 Å². The lowest BCUT2D eigenvalue weighted by Crippen LogP contribution is -2.25. The van der Waals surface area contributed by atoms with Gasteiger partial charge in [0, 0.05) is 17.6 Å². The van der Waals surface area contributed by atoms with Crippen molar-refractivity contribution in [3.63, 3.8) is 0 Å². The standard InChI is InChI=1S/C14H23BrN2O2S/c1-3-4-5-6-7-17-20(18,19)13-9-12(10-16)8-11(2)14(13)15/h8-9,17H,3-7,10,16H2,1-2H3. The molecule has 0 spiro atoms. The Morgan fingerprint density at radius 2 is 1.95 bits per heavy atom. The van der Waals surface area contributed by atoms with Gasteiger partial charge in [0.25, 0.3) is 0 Å². The molecule has 0 atom stereocenters. The van der Waals surface area contributed by atoms with Crippen LogP contribution < -0.4 is 10.5 Å². The van der Waals surface area contributed by atoms with Crippen LogP contribution in [0.1, 0.15) is 43.7 Å². The predicted octanol–water partition coefficient (Wildman–Crippen LogP) is 3.07. The van der Waals surface area contributed by atoms with Gasteiger partial charge in [0.2, 0.25) is 10.0 Å². The molecule has 3 N–H and O–H groups in total. The van der Waals surface area contributed by atoms with Gasteiger partial charge in [0.15, 0.2) is 0 Å². The quantitative estimate of drug-likeness (QED) is 0.698. The molecule has 0 saturated heterocycles. The highest BCUT2D eigenvalue weighted by Crippen LogP contribution is 2.27. The van der Waals surface area contributed by atoms with Gasteiger partial charge in [0.05, 0.1) is 4.90 Å². The van der Waals surface area contributed by atoms with E-state index in [2.05, 4.69) is 27.6 Å². The first-order valence-corrected chi connectivity index (χ1v) is 9.18. The molecule has 0 aromatic heterocycles. The van der Waals surface area contributed by atoms with Crippen LogP contribution in [0, 0.1) is 6.92 Å². The second-order valence-corrected chi connectivity index (χ2v) is 7.42. The van der Waals surface area contributed by atoms with Crippen molar-refractivity contribution < 1.29 is 8.42 Å². The molecule has 0 heterocycles. The lowest BCUT2D eigenvalue weighted by molar-refractivity contribution is 0.573. The van der Waals surface area contributed by atoms with Gasteiger partial charge >= 0.3 is 0 Å². The largest absolute Gasteiger partial charge is 0.326 e. The summed E-state index contributed by atoms with van der Waals surface area (Å²) >= 11 is 3.35. The zero-order valence-corrected chi connectivity index (χ0v) is 14.5. The van der Waals surface area contributed by atoms with Gasteiger partial charge in [-0.1, -0.05) is 32.3 Å². The summed E-state index contributed by atoms with van der Waals surface area (Å²) in [6.07, 6.45) is 4.17. The Balaban J connectivity index is 2.84. The Morgan fingerprint density at radius 3 is 2.55 bits per heavy atom. The Morgan fingerprint density at radius 1 is 1.25 bits per heavy atom. The molecule has 0 aliphatic rings. The average Bonchev–Trinajstić information content (AvgIpc) is 2.41. The van der Waals surface area contributed by atoms with Crippen molar-refractivity contribution in [3.05, 3.63) is 27.7 Å². The summed E-state index contributed by atoms with van der Waals surface area (Å²) in [5.74, 6) is 0. The van der Waals surface area contributed by atoms with E-state index in [9.17, 15) is 8.42 Å². The molecule has 0 fully saturated rings. The van der Waals surface area contributed by atoms with E-state index in [4.69, 9.17) is 5.73 Å². The van der Waals surface area contributed by atoms with E-state index in [1.54, 1.807) is 6.07 Å². The fourth-order valence-corrected chi connectivity index (χ4v) is 4.10. The zero-order valence-electron chi connectivity index (χ0n) is 12.1. The number of aryl methyl sites for hydroxylation is 1. The summed E-state index contributed by atoms with van der Waals surface area (Å²) in [6, 6.07) is 3.52. The number of hydrogen-bond donors (Lipinski definition) is 2. The summed E-state index contributed by atoms with van der Waals surface area (Å²) < 4.78 is 27.9. The third-order valence-electron chi connectivity index (χ3n) is 3.13. The Labute approximate surface area is 130 Å². The lowest BCUT2D eigenvalue weighted by Gasteiger charge is -2.12. The van der Waals surface area contributed by atoms with Crippen LogP contribution in [0.15, 0.2) is 21.5 Å². The molecular formula is C14H23BrN2O2S. The number of nitrogens with two attached hydrogens (primary N) is 1. The van der Waals surface area contributed by atoms with Gasteiger partial charge in [-0.05, 0) is 46.5 Å². The van der Waals surface area contributed by atoms with Crippen LogP contribution in [0.5, 0.6) is 0 Å². The third-order valence-corrected chi connectivity index (χ3v) is 5.93. The minimum atomic E-state index is -3.49. The third kappa shape index (κ3) is 4.84. The molecule has 4 nitrogen and oxygen atoms in total. The molecule has 0 bridgehead atoms. The van der Waals surface area contributed by atoms with Crippen molar-refractivity contribution in [1.82, 2.24) is 4.72 Å². The van der Waals surface area contributed by atoms with Crippen LogP contribution in [0.4, 0.5) is 0 Å². The fraction of sp³-hybridized carbons (Fsp3) is 0.571. The molecule has 0 amide bonds. The van der Waals surface area contributed by atoms with Crippen molar-refractivity contribution in [2.75, 3.05) is 6.54 Å². The summed E-state index contributed by atoms with van der Waals surface area (Å²) in [4.78, 5) is 0.272. The Kier molecular flexibility index (Phi) is 7.15. The second kappa shape index (κ2) is 8.12. The smallest absolute Gasteiger partial charge is 0.241 e. The molecular weight excluding hydrogens is 340 g/mol. The summed E-state index contributed by atoms with van der Waals surface area (Å²) in [7, 11) is -3.49. The minimum Gasteiger partial charge on any atom is -0.326 e. The second-order valence-electron chi connectivity index (χ2n) is 4.89. The van der Waals surface area contributed by atoms with E-state index < -0.39 is 10.0 Å². The van der Waals surface area contributed by atoms with Crippen LogP contribution in [-0.4, -0.2) is 15.0 Å². The molecule has 0 saturated carbocycles. The molecule has 0 aliphatic heterocycles. The fourth-order valence-electron chi connectivity index (χ4n) is 1.96. The first-order chi connectivity index (χ1) is 9.42. The van der Waals surface area contributed by atoms with E-state index >= 15 is 0 Å². The zero-order chi connectivity index (χ0) is 15.2. The first kappa shape index (κ1) is 17.6. The molecule has 1 aromatic carbocycles. The van der Waals surface area contributed by atoms with E-state index in [1.807, 2.05) is 13.0 Å². The van der Waals surface area contributed by atoms with Crippen LogP contribution in [0.25, 0.3) is 0 Å². The summed E-state index contributed by atoms with van der Waals surface area (Å²) in [6.45, 7) is 4.79. The van der Waals surface area contributed by atoms with Crippen LogP contribution in [-0.2, 0) is 16.6 Å². The van der Waals surface area contributed by atoms with Crippen molar-refractivity contribution >= 4 is 26.0 Å². The molecule has 114 valence electrons. The molecule has 20 heavy (non-hydrogen) atoms. The van der Waals surface area contributed by atoms with E-state index in [1.165, 1.54) is 0 Å². The van der Waals surface area contributed by atoms with Gasteiger partial charge in [-0.25, -0.2) is 13.1 Å². The van der Waals surface area contributed by atoms with Crippen molar-refractivity contribution in [3.8, 4) is 0 Å². The highest BCUT2D eigenvalue weighted by atomic mass is 79.9. The topological polar surface area (TPSA) is 72.2 Å². The molecule has 1 rings (SSSR count). The average molecular weight is 363 g/mol. The number of rotatable bonds is 8. The molecule has 1 aromatic rings. The summed E-state index contributed by atoms with van der Waals surface area (Å²) in [5, 5.41) is 0. The van der Waals surface area contributed by atoms with Crippen molar-refractivity contribution in [2.45, 2.75) is 51.0 Å². The van der Waals surface area contributed by atoms with Crippen LogP contribution in [0.3, 0.4) is 0 Å². The number of sulfonamides is 1. The number of unbranched alkanes of at least 4 members (excludes halogenated alkanes) is 3. The van der Waals surface area contributed by atoms with E-state index in [0.717, 1.165) is 36.8 Å². The minimum absolute atomic E-state index is 0.272. The predicted molar refractivity (Wildman–Crippen MR) is 86.1 cm³/mol. The first-order valence-electron chi connectivity index (χ1n) is 6.91. The van der Waals surface area contributed by atoms with Crippen LogP contribution >= 0.6 is 15.9 Å². The van der Waals surface area contributed by atoms with Crippen molar-refractivity contribution in [1.29, 1.82) is 0 Å². The molecule has 0 aliphatic carbocycles. The van der Waals surface area contributed by atoms with Gasteiger partial charge in [0.1, 0.15) is 0 Å². The summed E-state index contributed by atoms with van der Waals surface area (Å²) in [5.41, 5.74) is 7.30. The Bertz CT molecular complexity index is 544. The van der Waals surface area contributed by atoms with E-state index in [-0.39, 0.29) is 4.90 Å². The number of hydrogen-bond acceptors (Lipinski definition) is 3. The maximum Gasteiger partial charge on any atom is 0.241 e. The highest BCUT2D eigenvalue weighted by molar-refractivity contribution is 9.10. The number of nitrogens with one attached hydrogen (secondary N) is 1.